The van der Waals surface area contributed by atoms with Gasteiger partial charge in [-0.3, -0.25) is 0 Å². The Kier molecular flexibility index (Phi) is 7.02. The fourth-order valence-corrected chi connectivity index (χ4v) is 11.9. The van der Waals surface area contributed by atoms with Crippen LogP contribution >= 0.6 is 0 Å². The molecule has 0 aromatic heterocycles. The van der Waals surface area contributed by atoms with E-state index < -0.39 is 26.8 Å². The molecule has 0 aliphatic heterocycles. The van der Waals surface area contributed by atoms with E-state index in [9.17, 15) is 18.6 Å². The average Bonchev–Trinajstić information content (AvgIpc) is 3.20. The Morgan fingerprint density at radius 1 is 0.973 bits per heavy atom. The molecule has 4 aliphatic carbocycles. The van der Waals surface area contributed by atoms with Gasteiger partial charge >= 0.3 is 0 Å². The molecule has 206 valence electrons. The standard InChI is InChI=1S/C32H48O4S/c1-21(33)19-29(37(35,36)24-9-7-6-8-10-24)22(2)26-13-14-27-25-12-11-23-20-30(3,34)17-18-31(23,4)28(25)15-16-32(26,27)5/h6-11,21-22,25-29,33-34H,12-20H2,1-5H3/t21-,22-,25-,26+,27-,28-,29?,30-,31-,32+/m0/s1. The number of aliphatic hydroxyl groups excluding tert-OH is 1. The molecule has 2 N–H and O–H groups in total. The lowest BCUT2D eigenvalue weighted by atomic mass is 9.46. The number of hydrogen-bond donors (Lipinski definition) is 2. The topological polar surface area (TPSA) is 74.6 Å². The van der Waals surface area contributed by atoms with Gasteiger partial charge in [0, 0.05) is 0 Å². The van der Waals surface area contributed by atoms with Crippen LogP contribution in [0.5, 0.6) is 0 Å². The van der Waals surface area contributed by atoms with Crippen LogP contribution in [0, 0.1) is 40.4 Å². The lowest BCUT2D eigenvalue weighted by Crippen LogP contribution is -2.52. The molecule has 0 amide bonds. The summed E-state index contributed by atoms with van der Waals surface area (Å²) in [5, 5.41) is 20.5. The highest BCUT2D eigenvalue weighted by Crippen LogP contribution is 2.68. The van der Waals surface area contributed by atoms with E-state index in [2.05, 4.69) is 26.8 Å². The zero-order valence-corrected chi connectivity index (χ0v) is 24.3. The van der Waals surface area contributed by atoms with Crippen LogP contribution in [-0.2, 0) is 9.84 Å². The molecule has 0 heterocycles. The molecule has 1 unspecified atom stereocenters. The zero-order chi connectivity index (χ0) is 26.8. The predicted molar refractivity (Wildman–Crippen MR) is 149 cm³/mol. The Bertz CT molecular complexity index is 1120. The average molecular weight is 529 g/mol. The second kappa shape index (κ2) is 9.48. The molecule has 1 aromatic carbocycles. The molecule has 3 saturated carbocycles. The number of aliphatic hydroxyl groups is 2. The largest absolute Gasteiger partial charge is 0.393 e. The third kappa shape index (κ3) is 4.55. The number of benzene rings is 1. The fourth-order valence-electron chi connectivity index (χ4n) is 9.71. The Balaban J connectivity index is 1.43. The minimum Gasteiger partial charge on any atom is -0.393 e. The van der Waals surface area contributed by atoms with E-state index in [1.807, 2.05) is 13.0 Å². The van der Waals surface area contributed by atoms with E-state index in [0.717, 1.165) is 38.5 Å². The number of allylic oxidation sites excluding steroid dienone is 1. The van der Waals surface area contributed by atoms with Crippen molar-refractivity contribution in [2.45, 2.75) is 114 Å². The number of fused-ring (bicyclic) bond motifs is 5. The van der Waals surface area contributed by atoms with Gasteiger partial charge in [-0.2, -0.15) is 0 Å². The summed E-state index contributed by atoms with van der Waals surface area (Å²) in [5.41, 5.74) is 1.24. The molecule has 0 bridgehead atoms. The third-order valence-electron chi connectivity index (χ3n) is 11.7. The van der Waals surface area contributed by atoms with E-state index in [1.54, 1.807) is 31.2 Å². The summed E-state index contributed by atoms with van der Waals surface area (Å²) in [6.07, 6.45) is 10.6. The quantitative estimate of drug-likeness (QED) is 0.410. The van der Waals surface area contributed by atoms with Gasteiger partial charge in [0.1, 0.15) is 0 Å². The van der Waals surface area contributed by atoms with Crippen LogP contribution in [0.4, 0.5) is 0 Å². The summed E-state index contributed by atoms with van der Waals surface area (Å²) in [6.45, 7) is 10.8. The minimum atomic E-state index is -3.55. The first-order chi connectivity index (χ1) is 17.3. The minimum absolute atomic E-state index is 0.0126. The van der Waals surface area contributed by atoms with Gasteiger partial charge in [0.2, 0.25) is 0 Å². The van der Waals surface area contributed by atoms with E-state index in [1.165, 1.54) is 18.4 Å². The summed E-state index contributed by atoms with van der Waals surface area (Å²) in [7, 11) is -3.55. The van der Waals surface area contributed by atoms with E-state index >= 15 is 0 Å². The molecule has 5 rings (SSSR count). The van der Waals surface area contributed by atoms with Crippen molar-refractivity contribution >= 4 is 9.84 Å². The number of rotatable bonds is 6. The molecule has 0 radical (unpaired) electrons. The Morgan fingerprint density at radius 3 is 2.35 bits per heavy atom. The summed E-state index contributed by atoms with van der Waals surface area (Å²) >= 11 is 0. The predicted octanol–water partition coefficient (Wildman–Crippen LogP) is 6.57. The molecule has 1 aromatic rings. The van der Waals surface area contributed by atoms with Gasteiger partial charge in [0.15, 0.2) is 9.84 Å². The highest BCUT2D eigenvalue weighted by Gasteiger charge is 2.60. The third-order valence-corrected chi connectivity index (χ3v) is 14.1. The fraction of sp³-hybridized carbons (Fsp3) is 0.750. The highest BCUT2D eigenvalue weighted by atomic mass is 32.2. The monoisotopic (exact) mass is 528 g/mol. The normalized spacial score (nSPS) is 42.1. The van der Waals surface area contributed by atoms with Gasteiger partial charge in [-0.1, -0.05) is 50.6 Å². The molecule has 4 nitrogen and oxygen atoms in total. The van der Waals surface area contributed by atoms with Crippen molar-refractivity contribution in [1.82, 2.24) is 0 Å². The van der Waals surface area contributed by atoms with Crippen molar-refractivity contribution in [1.29, 1.82) is 0 Å². The Morgan fingerprint density at radius 2 is 1.68 bits per heavy atom. The molecule has 37 heavy (non-hydrogen) atoms. The van der Waals surface area contributed by atoms with E-state index in [4.69, 9.17) is 0 Å². The molecule has 0 spiro atoms. The van der Waals surface area contributed by atoms with Crippen molar-refractivity contribution < 1.29 is 18.6 Å². The SMILES string of the molecule is C[C@H](O)CC([C@@H](C)[C@H]1CC[C@H]2[C@@H]3CC=C4C[C@@](C)(O)CC[C@]4(C)[C@H]3CC[C@]12C)S(=O)(=O)c1ccccc1. The first-order valence-corrected chi connectivity index (χ1v) is 16.2. The maximum absolute atomic E-state index is 13.9. The van der Waals surface area contributed by atoms with Gasteiger partial charge in [0.05, 0.1) is 21.9 Å². The smallest absolute Gasteiger partial charge is 0.181 e. The first-order valence-electron chi connectivity index (χ1n) is 14.7. The van der Waals surface area contributed by atoms with E-state index in [0.29, 0.717) is 28.6 Å². The van der Waals surface area contributed by atoms with Crippen molar-refractivity contribution in [3.05, 3.63) is 42.0 Å². The first kappa shape index (κ1) is 27.4. The molecule has 0 saturated heterocycles. The van der Waals surface area contributed by atoms with Crippen LogP contribution in [0.1, 0.15) is 92.4 Å². The molecule has 5 heteroatoms. The highest BCUT2D eigenvalue weighted by molar-refractivity contribution is 7.92. The Hall–Kier alpha value is -1.17. The second-order valence-electron chi connectivity index (χ2n) is 14.0. The maximum Gasteiger partial charge on any atom is 0.181 e. The second-order valence-corrected chi connectivity index (χ2v) is 16.2. The summed E-state index contributed by atoms with van der Waals surface area (Å²) in [4.78, 5) is 0.377. The van der Waals surface area contributed by atoms with Gasteiger partial charge in [-0.15, -0.1) is 0 Å². The molecule has 10 atom stereocenters. The van der Waals surface area contributed by atoms with Gasteiger partial charge < -0.3 is 10.2 Å². The van der Waals surface area contributed by atoms with Crippen LogP contribution in [0.3, 0.4) is 0 Å². The summed E-state index contributed by atoms with van der Waals surface area (Å²) in [5.74, 6) is 2.25. The van der Waals surface area contributed by atoms with Gasteiger partial charge in [-0.05, 0) is 124 Å². The summed E-state index contributed by atoms with van der Waals surface area (Å²) < 4.78 is 27.7. The lowest BCUT2D eigenvalue weighted by Gasteiger charge is -2.59. The molecular weight excluding hydrogens is 480 g/mol. The van der Waals surface area contributed by atoms with Gasteiger partial charge in [0.25, 0.3) is 0 Å². The molecular formula is C32H48O4S. The summed E-state index contributed by atoms with van der Waals surface area (Å²) in [6, 6.07) is 8.85. The number of hydrogen-bond acceptors (Lipinski definition) is 4. The number of sulfone groups is 1. The van der Waals surface area contributed by atoms with Crippen LogP contribution in [-0.4, -0.2) is 35.6 Å². The van der Waals surface area contributed by atoms with Gasteiger partial charge in [-0.25, -0.2) is 8.42 Å². The van der Waals surface area contributed by atoms with Crippen molar-refractivity contribution in [2.75, 3.05) is 0 Å². The van der Waals surface area contributed by atoms with Crippen molar-refractivity contribution in [3.8, 4) is 0 Å². The van der Waals surface area contributed by atoms with E-state index in [-0.39, 0.29) is 23.2 Å². The van der Waals surface area contributed by atoms with Crippen LogP contribution < -0.4 is 0 Å². The van der Waals surface area contributed by atoms with Crippen LogP contribution in [0.15, 0.2) is 46.9 Å². The zero-order valence-electron chi connectivity index (χ0n) is 23.5. The maximum atomic E-state index is 13.9. The van der Waals surface area contributed by atoms with Crippen LogP contribution in [0.2, 0.25) is 0 Å². The molecule has 4 aliphatic rings. The Labute approximate surface area is 224 Å². The van der Waals surface area contributed by atoms with Crippen molar-refractivity contribution in [3.63, 3.8) is 0 Å². The van der Waals surface area contributed by atoms with Crippen LogP contribution in [0.25, 0.3) is 0 Å². The molecule has 3 fully saturated rings. The van der Waals surface area contributed by atoms with Crippen molar-refractivity contribution in [2.24, 2.45) is 40.4 Å². The lowest BCUT2D eigenvalue weighted by molar-refractivity contribution is -0.0706.